The van der Waals surface area contributed by atoms with Crippen LogP contribution in [-0.2, 0) is 19.8 Å². The Hall–Kier alpha value is -2.94. The molecule has 2 aromatic rings. The number of hydrogen-bond donors (Lipinski definition) is 2. The monoisotopic (exact) mass is 506 g/mol. The van der Waals surface area contributed by atoms with Crippen molar-refractivity contribution in [3.8, 4) is 5.75 Å². The molecule has 1 saturated heterocycles. The number of aliphatic carboxylic acids is 1. The molecule has 1 aliphatic heterocycles. The Kier molecular flexibility index (Phi) is 7.11. The summed E-state index contributed by atoms with van der Waals surface area (Å²) >= 11 is 17.6. The zero-order valence-electron chi connectivity index (χ0n) is 17.9. The first kappa shape index (κ1) is 24.7. The molecule has 2 N–H and O–H groups in total. The highest BCUT2D eigenvalue weighted by atomic mass is 35.5. The minimum absolute atomic E-state index is 0.0101. The van der Waals surface area contributed by atoms with Crippen LogP contribution in [0.4, 0.5) is 5.69 Å². The summed E-state index contributed by atoms with van der Waals surface area (Å²) in [5.41, 5.74) is 1.70. The number of hydrogen-bond acceptors (Lipinski definition) is 5. The van der Waals surface area contributed by atoms with Gasteiger partial charge in [0.05, 0.1) is 15.7 Å². The molecule has 7 nitrogen and oxygen atoms in total. The van der Waals surface area contributed by atoms with Gasteiger partial charge in [0.25, 0.3) is 11.8 Å². The molecule has 0 saturated carbocycles. The van der Waals surface area contributed by atoms with E-state index in [1.165, 1.54) is 23.1 Å². The molecule has 0 aliphatic carbocycles. The van der Waals surface area contributed by atoms with E-state index in [-0.39, 0.29) is 31.9 Å². The number of anilines is 1. The summed E-state index contributed by atoms with van der Waals surface area (Å²) in [5.74, 6) is -2.47. The number of benzene rings is 2. The number of halogens is 2. The van der Waals surface area contributed by atoms with Crippen molar-refractivity contribution in [3.05, 3.63) is 63.1 Å². The molecular formula is C23H20Cl2N2O5S. The van der Waals surface area contributed by atoms with Gasteiger partial charge < -0.3 is 9.84 Å². The molecule has 0 bridgehead atoms. The molecule has 10 heteroatoms. The number of carbonyl (C=O) groups excluding carboxylic acids is 2. The maximum absolute atomic E-state index is 13.2. The number of ether oxygens (including phenoxy) is 1. The molecule has 2 aromatic carbocycles. The van der Waals surface area contributed by atoms with E-state index in [1.54, 1.807) is 12.1 Å². The van der Waals surface area contributed by atoms with Crippen LogP contribution in [0.3, 0.4) is 0 Å². The SMILES string of the molecule is CC(C)(C)c1ccc(N2C(=O)/C(=C\c3cc(Cl)c(OCC(=O)O)c(Cl)c3)C(=O)NC2=S)cc1. The lowest BCUT2D eigenvalue weighted by molar-refractivity contribution is -0.139. The largest absolute Gasteiger partial charge is 0.479 e. The fraction of sp³-hybridized carbons (Fsp3) is 0.217. The van der Waals surface area contributed by atoms with Gasteiger partial charge in [0, 0.05) is 0 Å². The maximum Gasteiger partial charge on any atom is 0.341 e. The summed E-state index contributed by atoms with van der Waals surface area (Å²) in [7, 11) is 0. The predicted octanol–water partition coefficient (Wildman–Crippen LogP) is 4.59. The van der Waals surface area contributed by atoms with Crippen molar-refractivity contribution in [1.29, 1.82) is 0 Å². The standard InChI is InChI=1S/C23H20Cl2N2O5S/c1-23(2,3)13-4-6-14(7-5-13)27-21(31)15(20(30)26-22(27)33)8-12-9-16(24)19(17(25)10-12)32-11-18(28)29/h4-10H,11H2,1-3H3,(H,28,29)(H,26,30,33)/b15-8-. The Morgan fingerprint density at radius 1 is 1.15 bits per heavy atom. The van der Waals surface area contributed by atoms with Crippen molar-refractivity contribution < 1.29 is 24.2 Å². The number of rotatable bonds is 5. The summed E-state index contributed by atoms with van der Waals surface area (Å²) < 4.78 is 5.08. The number of amides is 2. The minimum atomic E-state index is -1.19. The van der Waals surface area contributed by atoms with Crippen LogP contribution in [0.25, 0.3) is 6.08 Å². The smallest absolute Gasteiger partial charge is 0.341 e. The zero-order valence-corrected chi connectivity index (χ0v) is 20.3. The fourth-order valence-corrected chi connectivity index (χ4v) is 4.00. The van der Waals surface area contributed by atoms with E-state index in [4.69, 9.17) is 45.3 Å². The summed E-state index contributed by atoms with van der Waals surface area (Å²) in [6, 6.07) is 10.2. The van der Waals surface area contributed by atoms with Gasteiger partial charge in [-0.2, -0.15) is 0 Å². The first-order chi connectivity index (χ1) is 15.4. The highest BCUT2D eigenvalue weighted by molar-refractivity contribution is 7.80. The average Bonchev–Trinajstić information content (AvgIpc) is 2.70. The first-order valence-corrected chi connectivity index (χ1v) is 10.9. The maximum atomic E-state index is 13.2. The van der Waals surface area contributed by atoms with E-state index in [2.05, 4.69) is 26.1 Å². The molecule has 0 spiro atoms. The second-order valence-corrected chi connectivity index (χ2v) is 9.45. The third-order valence-corrected chi connectivity index (χ3v) is 5.61. The third-order valence-electron chi connectivity index (χ3n) is 4.76. The van der Waals surface area contributed by atoms with Crippen LogP contribution in [0.2, 0.25) is 10.0 Å². The molecule has 1 heterocycles. The average molecular weight is 507 g/mol. The van der Waals surface area contributed by atoms with E-state index in [9.17, 15) is 14.4 Å². The van der Waals surface area contributed by atoms with Crippen molar-refractivity contribution in [1.82, 2.24) is 5.32 Å². The Labute approximate surface area is 205 Å². The van der Waals surface area contributed by atoms with E-state index >= 15 is 0 Å². The van der Waals surface area contributed by atoms with Gasteiger partial charge in [0.2, 0.25) is 0 Å². The Bertz CT molecular complexity index is 1160. The lowest BCUT2D eigenvalue weighted by Gasteiger charge is -2.29. The second-order valence-electron chi connectivity index (χ2n) is 8.25. The lowest BCUT2D eigenvalue weighted by Crippen LogP contribution is -2.54. The quantitative estimate of drug-likeness (QED) is 0.349. The first-order valence-electron chi connectivity index (χ1n) is 9.74. The number of nitrogens with zero attached hydrogens (tertiary/aromatic N) is 1. The number of thiocarbonyl (C=S) groups is 1. The molecule has 1 aliphatic rings. The summed E-state index contributed by atoms with van der Waals surface area (Å²) in [6.45, 7) is 5.61. The Morgan fingerprint density at radius 3 is 2.24 bits per heavy atom. The molecular weight excluding hydrogens is 487 g/mol. The van der Waals surface area contributed by atoms with E-state index in [0.29, 0.717) is 11.3 Å². The van der Waals surface area contributed by atoms with Crippen molar-refractivity contribution in [3.63, 3.8) is 0 Å². The molecule has 3 rings (SSSR count). The number of carboxylic acids is 1. The van der Waals surface area contributed by atoms with Crippen LogP contribution >= 0.6 is 35.4 Å². The number of nitrogens with one attached hydrogen (secondary N) is 1. The van der Waals surface area contributed by atoms with Crippen molar-refractivity contribution >= 4 is 70.1 Å². The summed E-state index contributed by atoms with van der Waals surface area (Å²) in [5, 5.41) is 11.3. The van der Waals surface area contributed by atoms with Gasteiger partial charge in [0.15, 0.2) is 17.5 Å². The molecule has 1 fully saturated rings. The minimum Gasteiger partial charge on any atom is -0.479 e. The lowest BCUT2D eigenvalue weighted by atomic mass is 9.87. The van der Waals surface area contributed by atoms with E-state index in [0.717, 1.165) is 5.56 Å². The van der Waals surface area contributed by atoms with Gasteiger partial charge in [-0.15, -0.1) is 0 Å². The van der Waals surface area contributed by atoms with Gasteiger partial charge in [-0.1, -0.05) is 56.1 Å². The number of carbonyl (C=O) groups is 3. The fourth-order valence-electron chi connectivity index (χ4n) is 3.10. The van der Waals surface area contributed by atoms with E-state index < -0.39 is 24.4 Å². The van der Waals surface area contributed by atoms with E-state index in [1.807, 2.05) is 12.1 Å². The van der Waals surface area contributed by atoms with Crippen LogP contribution in [0.1, 0.15) is 31.9 Å². The molecule has 0 unspecified atom stereocenters. The molecule has 172 valence electrons. The van der Waals surface area contributed by atoms with Crippen molar-refractivity contribution in [2.24, 2.45) is 0 Å². The second kappa shape index (κ2) is 9.51. The molecule has 0 atom stereocenters. The van der Waals surface area contributed by atoms with Crippen LogP contribution in [0, 0.1) is 0 Å². The number of carboxylic acid groups (broad SMARTS) is 1. The Morgan fingerprint density at radius 2 is 1.73 bits per heavy atom. The van der Waals surface area contributed by atoms with Crippen molar-refractivity contribution in [2.45, 2.75) is 26.2 Å². The molecule has 2 amide bonds. The topological polar surface area (TPSA) is 95.9 Å². The summed E-state index contributed by atoms with van der Waals surface area (Å²) in [6.07, 6.45) is 1.33. The normalized spacial score (nSPS) is 15.6. The summed E-state index contributed by atoms with van der Waals surface area (Å²) in [4.78, 5) is 37.7. The van der Waals surface area contributed by atoms with Crippen LogP contribution in [0.15, 0.2) is 42.0 Å². The molecule has 0 aromatic heterocycles. The highest BCUT2D eigenvalue weighted by Crippen LogP contribution is 2.35. The third kappa shape index (κ3) is 5.52. The Balaban J connectivity index is 1.95. The van der Waals surface area contributed by atoms with Gasteiger partial charge in [-0.05, 0) is 59.1 Å². The van der Waals surface area contributed by atoms with Crippen LogP contribution < -0.4 is 15.0 Å². The van der Waals surface area contributed by atoms with Gasteiger partial charge in [0.1, 0.15) is 5.57 Å². The van der Waals surface area contributed by atoms with Crippen LogP contribution in [-0.4, -0.2) is 34.6 Å². The zero-order chi connectivity index (χ0) is 24.5. The van der Waals surface area contributed by atoms with Gasteiger partial charge >= 0.3 is 5.97 Å². The van der Waals surface area contributed by atoms with Crippen LogP contribution in [0.5, 0.6) is 5.75 Å². The van der Waals surface area contributed by atoms with Gasteiger partial charge in [-0.25, -0.2) is 4.79 Å². The highest BCUT2D eigenvalue weighted by Gasteiger charge is 2.34. The van der Waals surface area contributed by atoms with Crippen molar-refractivity contribution in [2.75, 3.05) is 11.5 Å². The molecule has 0 radical (unpaired) electrons. The van der Waals surface area contributed by atoms with Gasteiger partial charge in [-0.3, -0.25) is 19.8 Å². The predicted molar refractivity (Wildman–Crippen MR) is 131 cm³/mol. The molecule has 33 heavy (non-hydrogen) atoms.